The van der Waals surface area contributed by atoms with Gasteiger partial charge < -0.3 is 10.8 Å². The number of nitrogens with zero attached hydrogens (tertiary/aromatic N) is 7. The number of anilines is 1. The first-order chi connectivity index (χ1) is 17.4. The number of carbonyl (C=O) groups is 1. The standard InChI is InChI=1S/C26H28N8O2/c1-16-6-3-7-18(12-16)21-13-22(30-26(27)29-21)23-15-33(32-31-23)14-19-8-4-9-20(28-19)17(2)34-11-5-10-24(34)25(35)36/h3-4,6-9,12-13,15,17,24H,5,10-11,14H2,1-2H3,(H,35,36)(H2,27,29,30)/t17-,24+/m0/s1. The summed E-state index contributed by atoms with van der Waals surface area (Å²) >= 11 is 0. The van der Waals surface area contributed by atoms with E-state index >= 15 is 0 Å². The first-order valence-corrected chi connectivity index (χ1v) is 11.9. The molecule has 36 heavy (non-hydrogen) atoms. The van der Waals surface area contributed by atoms with E-state index in [4.69, 9.17) is 10.7 Å². The molecule has 1 aromatic carbocycles. The summed E-state index contributed by atoms with van der Waals surface area (Å²) in [6.07, 6.45) is 3.35. The third-order valence-electron chi connectivity index (χ3n) is 6.52. The topological polar surface area (TPSA) is 136 Å². The lowest BCUT2D eigenvalue weighted by atomic mass is 10.1. The minimum Gasteiger partial charge on any atom is -0.480 e. The Morgan fingerprint density at radius 3 is 2.72 bits per heavy atom. The van der Waals surface area contributed by atoms with Crippen molar-refractivity contribution in [3.63, 3.8) is 0 Å². The molecule has 0 radical (unpaired) electrons. The Labute approximate surface area is 208 Å². The quantitative estimate of drug-likeness (QED) is 0.405. The predicted octanol–water partition coefficient (Wildman–Crippen LogP) is 3.35. The largest absolute Gasteiger partial charge is 0.480 e. The van der Waals surface area contributed by atoms with Crippen LogP contribution < -0.4 is 5.73 Å². The van der Waals surface area contributed by atoms with Crippen LogP contribution in [0.15, 0.2) is 54.7 Å². The van der Waals surface area contributed by atoms with Gasteiger partial charge in [-0.15, -0.1) is 5.10 Å². The van der Waals surface area contributed by atoms with E-state index in [-0.39, 0.29) is 12.0 Å². The van der Waals surface area contributed by atoms with Crippen molar-refractivity contribution in [2.75, 3.05) is 12.3 Å². The lowest BCUT2D eigenvalue weighted by Gasteiger charge is -2.28. The minimum absolute atomic E-state index is 0.0936. The molecule has 4 heterocycles. The Kier molecular flexibility index (Phi) is 6.43. The van der Waals surface area contributed by atoms with Gasteiger partial charge in [-0.1, -0.05) is 35.0 Å². The highest BCUT2D eigenvalue weighted by Crippen LogP contribution is 2.29. The number of hydrogen-bond acceptors (Lipinski definition) is 8. The molecule has 3 N–H and O–H groups in total. The number of aryl methyl sites for hydroxylation is 1. The summed E-state index contributed by atoms with van der Waals surface area (Å²) in [4.78, 5) is 27.2. The van der Waals surface area contributed by atoms with Crippen LogP contribution in [-0.4, -0.2) is 58.5 Å². The molecule has 0 bridgehead atoms. The molecule has 10 heteroatoms. The third-order valence-corrected chi connectivity index (χ3v) is 6.52. The highest BCUT2D eigenvalue weighted by molar-refractivity contribution is 5.74. The van der Waals surface area contributed by atoms with E-state index in [0.29, 0.717) is 24.4 Å². The van der Waals surface area contributed by atoms with Gasteiger partial charge in [-0.2, -0.15) is 0 Å². The average molecular weight is 485 g/mol. The molecule has 10 nitrogen and oxygen atoms in total. The van der Waals surface area contributed by atoms with Crippen molar-refractivity contribution in [3.8, 4) is 22.6 Å². The van der Waals surface area contributed by atoms with Crippen molar-refractivity contribution < 1.29 is 9.90 Å². The van der Waals surface area contributed by atoms with Crippen LogP contribution in [0.25, 0.3) is 22.6 Å². The highest BCUT2D eigenvalue weighted by atomic mass is 16.4. The highest BCUT2D eigenvalue weighted by Gasteiger charge is 2.34. The lowest BCUT2D eigenvalue weighted by molar-refractivity contribution is -0.142. The van der Waals surface area contributed by atoms with E-state index in [1.54, 1.807) is 10.9 Å². The molecule has 2 atom stereocenters. The van der Waals surface area contributed by atoms with Crippen LogP contribution in [0.5, 0.6) is 0 Å². The van der Waals surface area contributed by atoms with Crippen molar-refractivity contribution in [1.29, 1.82) is 0 Å². The van der Waals surface area contributed by atoms with Gasteiger partial charge in [-0.25, -0.2) is 14.6 Å². The molecule has 1 fully saturated rings. The predicted molar refractivity (Wildman–Crippen MR) is 135 cm³/mol. The number of carboxylic acid groups (broad SMARTS) is 1. The molecule has 3 aromatic heterocycles. The van der Waals surface area contributed by atoms with Crippen molar-refractivity contribution >= 4 is 11.9 Å². The number of rotatable bonds is 7. The smallest absolute Gasteiger partial charge is 0.320 e. The van der Waals surface area contributed by atoms with Gasteiger partial charge in [0.1, 0.15) is 11.7 Å². The number of nitrogens with two attached hydrogens (primary N) is 1. The number of aliphatic carboxylic acids is 1. The van der Waals surface area contributed by atoms with Crippen LogP contribution in [0.4, 0.5) is 5.95 Å². The molecule has 0 unspecified atom stereocenters. The van der Waals surface area contributed by atoms with Crippen LogP contribution in [0.3, 0.4) is 0 Å². The lowest BCUT2D eigenvalue weighted by Crippen LogP contribution is -2.38. The normalized spacial score (nSPS) is 16.8. The summed E-state index contributed by atoms with van der Waals surface area (Å²) in [7, 11) is 0. The third kappa shape index (κ3) is 4.94. The fourth-order valence-corrected chi connectivity index (χ4v) is 4.71. The molecule has 0 amide bonds. The fourth-order valence-electron chi connectivity index (χ4n) is 4.71. The second-order valence-corrected chi connectivity index (χ2v) is 9.13. The molecule has 4 aromatic rings. The van der Waals surface area contributed by atoms with E-state index in [0.717, 1.165) is 41.2 Å². The summed E-state index contributed by atoms with van der Waals surface area (Å²) in [5.74, 6) is -0.606. The molecule has 1 aliphatic heterocycles. The van der Waals surface area contributed by atoms with Crippen molar-refractivity contribution in [2.45, 2.75) is 45.3 Å². The Balaban J connectivity index is 1.35. The number of carboxylic acids is 1. The minimum atomic E-state index is -0.776. The van der Waals surface area contributed by atoms with Gasteiger partial charge in [0.05, 0.1) is 41.6 Å². The van der Waals surface area contributed by atoms with Gasteiger partial charge >= 0.3 is 5.97 Å². The summed E-state index contributed by atoms with van der Waals surface area (Å²) in [5.41, 5.74) is 11.6. The van der Waals surface area contributed by atoms with Gasteiger partial charge in [0.2, 0.25) is 5.95 Å². The van der Waals surface area contributed by atoms with Gasteiger partial charge in [0, 0.05) is 5.56 Å². The van der Waals surface area contributed by atoms with E-state index < -0.39 is 12.0 Å². The first kappa shape index (κ1) is 23.6. The number of benzene rings is 1. The van der Waals surface area contributed by atoms with Crippen molar-refractivity contribution in [1.82, 2.24) is 34.8 Å². The molecule has 0 aliphatic carbocycles. The molecular weight excluding hydrogens is 456 g/mol. The molecular formula is C26H28N8O2. The summed E-state index contributed by atoms with van der Waals surface area (Å²) in [6, 6.07) is 15.1. The fraction of sp³-hybridized carbons (Fsp3) is 0.308. The Hall–Kier alpha value is -4.18. The summed E-state index contributed by atoms with van der Waals surface area (Å²) < 4.78 is 1.70. The Bertz CT molecular complexity index is 1400. The maximum absolute atomic E-state index is 11.6. The number of hydrogen-bond donors (Lipinski definition) is 2. The number of aromatic nitrogens is 6. The van der Waals surface area contributed by atoms with E-state index in [1.165, 1.54) is 0 Å². The van der Waals surface area contributed by atoms with Crippen LogP contribution in [0.2, 0.25) is 0 Å². The zero-order valence-electron chi connectivity index (χ0n) is 20.2. The average Bonchev–Trinajstić information content (AvgIpc) is 3.54. The van der Waals surface area contributed by atoms with Crippen LogP contribution in [0, 0.1) is 6.92 Å². The second-order valence-electron chi connectivity index (χ2n) is 9.13. The molecule has 5 rings (SSSR count). The van der Waals surface area contributed by atoms with Gasteiger partial charge in [-0.05, 0) is 57.5 Å². The zero-order chi connectivity index (χ0) is 25.2. The maximum Gasteiger partial charge on any atom is 0.320 e. The number of pyridine rings is 1. The van der Waals surface area contributed by atoms with Crippen LogP contribution >= 0.6 is 0 Å². The molecule has 1 aliphatic rings. The number of likely N-dealkylation sites (tertiary alicyclic amines) is 1. The molecule has 1 saturated heterocycles. The van der Waals surface area contributed by atoms with Crippen molar-refractivity contribution in [3.05, 3.63) is 71.7 Å². The van der Waals surface area contributed by atoms with Crippen molar-refractivity contribution in [2.24, 2.45) is 0 Å². The van der Waals surface area contributed by atoms with Gasteiger partial charge in [0.25, 0.3) is 0 Å². The molecule has 0 spiro atoms. The SMILES string of the molecule is Cc1cccc(-c2cc(-c3cn(Cc4cccc([C@H](C)N5CCC[C@@H]5C(=O)O)n4)nn3)nc(N)n2)c1. The maximum atomic E-state index is 11.6. The second kappa shape index (κ2) is 9.82. The van der Waals surface area contributed by atoms with Crippen LogP contribution in [-0.2, 0) is 11.3 Å². The zero-order valence-corrected chi connectivity index (χ0v) is 20.2. The van der Waals surface area contributed by atoms with E-state index in [2.05, 4.69) is 20.3 Å². The number of nitrogen functional groups attached to an aromatic ring is 1. The summed E-state index contributed by atoms with van der Waals surface area (Å²) in [5, 5.41) is 18.1. The summed E-state index contributed by atoms with van der Waals surface area (Å²) in [6.45, 7) is 5.20. The van der Waals surface area contributed by atoms with Gasteiger partial charge in [-0.3, -0.25) is 14.7 Å². The van der Waals surface area contributed by atoms with E-state index in [1.807, 2.05) is 67.3 Å². The Morgan fingerprint density at radius 2 is 1.92 bits per heavy atom. The van der Waals surface area contributed by atoms with Gasteiger partial charge in [0.15, 0.2) is 0 Å². The van der Waals surface area contributed by atoms with Crippen LogP contribution in [0.1, 0.15) is 42.8 Å². The molecule has 184 valence electrons. The Morgan fingerprint density at radius 1 is 1.11 bits per heavy atom. The molecule has 0 saturated carbocycles. The van der Waals surface area contributed by atoms with E-state index in [9.17, 15) is 9.90 Å². The monoisotopic (exact) mass is 484 g/mol. The first-order valence-electron chi connectivity index (χ1n) is 11.9.